The van der Waals surface area contributed by atoms with E-state index in [-0.39, 0.29) is 5.41 Å². The van der Waals surface area contributed by atoms with Crippen LogP contribution in [0, 0.1) is 0 Å². The van der Waals surface area contributed by atoms with Gasteiger partial charge in [-0.3, -0.25) is 0 Å². The van der Waals surface area contributed by atoms with E-state index in [9.17, 15) is 0 Å². The van der Waals surface area contributed by atoms with E-state index >= 15 is 0 Å². The maximum absolute atomic E-state index is 4.49. The lowest BCUT2D eigenvalue weighted by Crippen LogP contribution is -2.08. The molecule has 1 aromatic carbocycles. The van der Waals surface area contributed by atoms with Gasteiger partial charge in [0.2, 0.25) is 0 Å². The highest BCUT2D eigenvalue weighted by atomic mass is 15.3. The Bertz CT molecular complexity index is 660. The molecule has 0 unspecified atom stereocenters. The number of hydrogen-bond donors (Lipinski definition) is 0. The molecule has 2 nitrogen and oxygen atoms in total. The minimum atomic E-state index is 0.177. The second kappa shape index (κ2) is 4.23. The summed E-state index contributed by atoms with van der Waals surface area (Å²) in [6.07, 6.45) is 4.04. The summed E-state index contributed by atoms with van der Waals surface area (Å²) in [4.78, 5) is 0. The van der Waals surface area contributed by atoms with E-state index < -0.39 is 0 Å². The van der Waals surface area contributed by atoms with Crippen molar-refractivity contribution in [1.82, 2.24) is 9.78 Å². The highest BCUT2D eigenvalue weighted by Crippen LogP contribution is 2.32. The minimum absolute atomic E-state index is 0.177. The Morgan fingerprint density at radius 1 is 0.947 bits per heavy atom. The molecule has 3 rings (SSSR count). The zero-order valence-electron chi connectivity index (χ0n) is 11.6. The Hall–Kier alpha value is -2.09. The molecule has 2 aliphatic rings. The fourth-order valence-electron chi connectivity index (χ4n) is 2.21. The van der Waals surface area contributed by atoms with Crippen molar-refractivity contribution in [3.05, 3.63) is 60.4 Å². The van der Waals surface area contributed by atoms with E-state index in [0.717, 1.165) is 5.69 Å². The topological polar surface area (TPSA) is 17.8 Å². The van der Waals surface area contributed by atoms with Crippen molar-refractivity contribution in [3.63, 3.8) is 0 Å². The van der Waals surface area contributed by atoms with Gasteiger partial charge >= 0.3 is 0 Å². The van der Waals surface area contributed by atoms with E-state index in [1.807, 2.05) is 29.1 Å². The number of aromatic nitrogens is 2. The first-order valence-corrected chi connectivity index (χ1v) is 6.58. The average Bonchev–Trinajstić information content (AvgIpc) is 2.82. The third-order valence-electron chi connectivity index (χ3n) is 3.42. The summed E-state index contributed by atoms with van der Waals surface area (Å²) in [6.45, 7) is 6.71. The third-order valence-corrected chi connectivity index (χ3v) is 3.42. The molecule has 0 aromatic heterocycles. The Morgan fingerprint density at radius 3 is 2.32 bits per heavy atom. The van der Waals surface area contributed by atoms with Crippen molar-refractivity contribution in [2.24, 2.45) is 0 Å². The highest BCUT2D eigenvalue weighted by molar-refractivity contribution is 5.68. The van der Waals surface area contributed by atoms with Crippen LogP contribution < -0.4 is 0 Å². The standard InChI is InChI=1S/C17H18N2/c1-17(2,3)15-9-13-11-18-19(12-14(13)10-15)16-7-5-4-6-8-16/h4-12H,1-3H3. The number of para-hydroxylation sites is 1. The molecule has 1 aromatic rings. The molecule has 0 saturated heterocycles. The Balaban J connectivity index is 2.10. The van der Waals surface area contributed by atoms with E-state index in [0.29, 0.717) is 0 Å². The van der Waals surface area contributed by atoms with Gasteiger partial charge in [0, 0.05) is 17.3 Å². The van der Waals surface area contributed by atoms with Crippen molar-refractivity contribution in [2.75, 3.05) is 0 Å². The van der Waals surface area contributed by atoms with Gasteiger partial charge in [0.05, 0.1) is 11.9 Å². The van der Waals surface area contributed by atoms with E-state index in [4.69, 9.17) is 0 Å². The molecule has 96 valence electrons. The normalized spacial score (nSPS) is 11.9. The molecule has 0 radical (unpaired) electrons. The molecule has 0 fully saturated rings. The van der Waals surface area contributed by atoms with Gasteiger partial charge in [0.1, 0.15) is 0 Å². The summed E-state index contributed by atoms with van der Waals surface area (Å²) >= 11 is 0. The smallest absolute Gasteiger partial charge is 0.0645 e. The monoisotopic (exact) mass is 250 g/mol. The maximum atomic E-state index is 4.49. The Morgan fingerprint density at radius 2 is 1.63 bits per heavy atom. The number of hydrogen-bond acceptors (Lipinski definition) is 1. The molecule has 1 heterocycles. The summed E-state index contributed by atoms with van der Waals surface area (Å²) in [5.74, 6) is 0. The zero-order chi connectivity index (χ0) is 13.5. The summed E-state index contributed by atoms with van der Waals surface area (Å²) in [7, 11) is 0. The van der Waals surface area contributed by atoms with Crippen molar-refractivity contribution in [3.8, 4) is 16.8 Å². The van der Waals surface area contributed by atoms with E-state index in [1.54, 1.807) is 0 Å². The highest BCUT2D eigenvalue weighted by Gasteiger charge is 2.18. The predicted molar refractivity (Wildman–Crippen MR) is 78.9 cm³/mol. The van der Waals surface area contributed by atoms with Crippen LogP contribution in [0.1, 0.15) is 26.3 Å². The van der Waals surface area contributed by atoms with Crippen molar-refractivity contribution in [1.29, 1.82) is 0 Å². The van der Waals surface area contributed by atoms with Gasteiger partial charge in [-0.1, -0.05) is 39.0 Å². The Labute approximate surface area is 114 Å². The number of rotatable bonds is 1. The van der Waals surface area contributed by atoms with Gasteiger partial charge in [-0.15, -0.1) is 0 Å². The van der Waals surface area contributed by atoms with E-state index in [2.05, 4.69) is 56.3 Å². The van der Waals surface area contributed by atoms with Crippen LogP contribution in [0.3, 0.4) is 0 Å². The lowest BCUT2D eigenvalue weighted by molar-refractivity contribution is 0.592. The van der Waals surface area contributed by atoms with E-state index in [1.165, 1.54) is 16.7 Å². The quantitative estimate of drug-likeness (QED) is 0.630. The SMILES string of the molecule is CC(C)(C)c1cc2cnn(-c3ccccc3)cc-2c1. The number of nitrogens with zero attached hydrogens (tertiary/aromatic N) is 2. The average molecular weight is 250 g/mol. The predicted octanol–water partition coefficient (Wildman–Crippen LogP) is 4.27. The molecule has 0 saturated carbocycles. The fraction of sp³-hybridized carbons (Fsp3) is 0.235. The van der Waals surface area contributed by atoms with Gasteiger partial charge in [0.25, 0.3) is 0 Å². The van der Waals surface area contributed by atoms with Gasteiger partial charge in [-0.2, -0.15) is 5.10 Å². The van der Waals surface area contributed by atoms with Crippen LogP contribution in [0.15, 0.2) is 54.9 Å². The summed E-state index contributed by atoms with van der Waals surface area (Å²) < 4.78 is 1.93. The first-order valence-electron chi connectivity index (χ1n) is 6.58. The molecule has 0 atom stereocenters. The molecular formula is C17H18N2. The zero-order valence-corrected chi connectivity index (χ0v) is 11.6. The van der Waals surface area contributed by atoms with Crippen LogP contribution in [0.25, 0.3) is 16.8 Å². The molecule has 0 N–H and O–H groups in total. The first-order chi connectivity index (χ1) is 9.04. The maximum Gasteiger partial charge on any atom is 0.0645 e. The molecular weight excluding hydrogens is 232 g/mol. The largest absolute Gasteiger partial charge is 0.240 e. The van der Waals surface area contributed by atoms with Gasteiger partial charge in [-0.25, -0.2) is 4.68 Å². The van der Waals surface area contributed by atoms with Crippen molar-refractivity contribution >= 4 is 0 Å². The summed E-state index contributed by atoms with van der Waals surface area (Å²) in [6, 6.07) is 14.7. The third kappa shape index (κ3) is 2.26. The fourth-order valence-corrected chi connectivity index (χ4v) is 2.21. The molecule has 0 bridgehead atoms. The number of fused-ring (bicyclic) bond motifs is 1. The van der Waals surface area contributed by atoms with Gasteiger partial charge in [0.15, 0.2) is 0 Å². The lowest BCUT2D eigenvalue weighted by Gasteiger charge is -2.15. The number of benzene rings is 1. The van der Waals surface area contributed by atoms with Crippen LogP contribution >= 0.6 is 0 Å². The van der Waals surface area contributed by atoms with Crippen LogP contribution in [0.5, 0.6) is 0 Å². The molecule has 19 heavy (non-hydrogen) atoms. The molecule has 2 heteroatoms. The van der Waals surface area contributed by atoms with Crippen molar-refractivity contribution < 1.29 is 0 Å². The summed E-state index contributed by atoms with van der Waals surface area (Å²) in [5.41, 5.74) is 5.07. The second-order valence-corrected chi connectivity index (χ2v) is 5.96. The molecule has 0 spiro atoms. The lowest BCUT2D eigenvalue weighted by atomic mass is 9.89. The van der Waals surface area contributed by atoms with Crippen LogP contribution in [-0.2, 0) is 5.41 Å². The molecule has 0 amide bonds. The minimum Gasteiger partial charge on any atom is -0.240 e. The van der Waals surface area contributed by atoms with Crippen LogP contribution in [0.4, 0.5) is 0 Å². The molecule has 1 aliphatic carbocycles. The van der Waals surface area contributed by atoms with Crippen LogP contribution in [0.2, 0.25) is 0 Å². The van der Waals surface area contributed by atoms with Crippen molar-refractivity contribution in [2.45, 2.75) is 26.2 Å². The Kier molecular flexibility index (Phi) is 2.67. The van der Waals surface area contributed by atoms with Crippen LogP contribution in [-0.4, -0.2) is 9.78 Å². The first kappa shape index (κ1) is 12.0. The van der Waals surface area contributed by atoms with Gasteiger partial charge < -0.3 is 0 Å². The second-order valence-electron chi connectivity index (χ2n) is 5.96. The summed E-state index contributed by atoms with van der Waals surface area (Å²) in [5, 5.41) is 4.49. The van der Waals surface area contributed by atoms with Gasteiger partial charge in [-0.05, 0) is 35.2 Å². The molecule has 1 aliphatic heterocycles.